The van der Waals surface area contributed by atoms with E-state index in [-0.39, 0.29) is 18.0 Å². The predicted molar refractivity (Wildman–Crippen MR) is 97.7 cm³/mol. The number of aromatic nitrogens is 1. The van der Waals surface area contributed by atoms with Gasteiger partial charge in [-0.25, -0.2) is 4.98 Å². The second-order valence-corrected chi connectivity index (χ2v) is 6.50. The fraction of sp³-hybridized carbons (Fsp3) is 0.111. The number of carbonyl (C=O) groups is 1. The van der Waals surface area contributed by atoms with Crippen LogP contribution in [0.5, 0.6) is 0 Å². The van der Waals surface area contributed by atoms with Crippen LogP contribution in [0.2, 0.25) is 0 Å². The number of nitro groups is 1. The number of carbonyl (C=O) groups excluding carboxylic acids is 1. The van der Waals surface area contributed by atoms with Gasteiger partial charge in [0.1, 0.15) is 0 Å². The summed E-state index contributed by atoms with van der Waals surface area (Å²) in [6.07, 6.45) is -0.0514. The van der Waals surface area contributed by atoms with Gasteiger partial charge in [-0.2, -0.15) is 0 Å². The van der Waals surface area contributed by atoms with Gasteiger partial charge in [-0.15, -0.1) is 11.3 Å². The first-order valence-corrected chi connectivity index (χ1v) is 8.45. The molecule has 1 heterocycles. The minimum Gasteiger partial charge on any atom is -0.326 e. The van der Waals surface area contributed by atoms with Crippen molar-refractivity contribution in [2.24, 2.45) is 0 Å². The SMILES string of the molecule is Cc1nc(-c2ccc(NC(=O)Cc3ccccc3[N+](=O)[O-])cc2)cs1. The molecule has 0 bridgehead atoms. The van der Waals surface area contributed by atoms with E-state index < -0.39 is 4.92 Å². The van der Waals surface area contributed by atoms with E-state index in [0.717, 1.165) is 16.3 Å². The van der Waals surface area contributed by atoms with Gasteiger partial charge >= 0.3 is 0 Å². The Morgan fingerprint density at radius 1 is 1.20 bits per heavy atom. The molecule has 0 saturated heterocycles. The number of nitro benzene ring substituents is 1. The van der Waals surface area contributed by atoms with Crippen LogP contribution >= 0.6 is 11.3 Å². The van der Waals surface area contributed by atoms with Gasteiger partial charge in [-0.3, -0.25) is 14.9 Å². The first-order chi connectivity index (χ1) is 12.0. The lowest BCUT2D eigenvalue weighted by Crippen LogP contribution is -2.15. The van der Waals surface area contributed by atoms with Crippen LogP contribution in [0, 0.1) is 17.0 Å². The number of para-hydroxylation sites is 1. The van der Waals surface area contributed by atoms with Crippen molar-refractivity contribution in [2.45, 2.75) is 13.3 Å². The highest BCUT2D eigenvalue weighted by Gasteiger charge is 2.15. The Kier molecular flexibility index (Phi) is 4.85. The predicted octanol–water partition coefficient (Wildman–Crippen LogP) is 4.21. The Hall–Kier alpha value is -3.06. The third-order valence-corrected chi connectivity index (χ3v) is 4.40. The number of hydrogen-bond donors (Lipinski definition) is 1. The zero-order valence-electron chi connectivity index (χ0n) is 13.4. The molecule has 126 valence electrons. The Labute approximate surface area is 148 Å². The highest BCUT2D eigenvalue weighted by molar-refractivity contribution is 7.09. The number of rotatable bonds is 5. The van der Waals surface area contributed by atoms with Gasteiger partial charge in [0.2, 0.25) is 5.91 Å². The molecule has 3 rings (SSSR count). The molecule has 0 atom stereocenters. The van der Waals surface area contributed by atoms with Crippen molar-refractivity contribution in [3.05, 3.63) is 74.6 Å². The van der Waals surface area contributed by atoms with E-state index in [0.29, 0.717) is 11.3 Å². The molecule has 6 nitrogen and oxygen atoms in total. The third-order valence-electron chi connectivity index (χ3n) is 3.62. The lowest BCUT2D eigenvalue weighted by Gasteiger charge is -2.06. The maximum atomic E-state index is 12.2. The monoisotopic (exact) mass is 353 g/mol. The number of thiazole rings is 1. The van der Waals surface area contributed by atoms with E-state index in [4.69, 9.17) is 0 Å². The first kappa shape index (κ1) is 16.8. The van der Waals surface area contributed by atoms with Crippen LogP contribution in [0.4, 0.5) is 11.4 Å². The van der Waals surface area contributed by atoms with Crippen LogP contribution in [0.25, 0.3) is 11.3 Å². The average molecular weight is 353 g/mol. The molecule has 25 heavy (non-hydrogen) atoms. The molecule has 0 fully saturated rings. The maximum Gasteiger partial charge on any atom is 0.273 e. The Bertz CT molecular complexity index is 919. The fourth-order valence-corrected chi connectivity index (χ4v) is 3.06. The number of hydrogen-bond acceptors (Lipinski definition) is 5. The lowest BCUT2D eigenvalue weighted by molar-refractivity contribution is -0.385. The molecule has 0 saturated carbocycles. The van der Waals surface area contributed by atoms with Crippen LogP contribution in [-0.4, -0.2) is 15.8 Å². The summed E-state index contributed by atoms with van der Waals surface area (Å²) in [7, 11) is 0. The molecule has 0 aliphatic heterocycles. The molecule has 0 aliphatic rings. The van der Waals surface area contributed by atoms with Crippen molar-refractivity contribution in [3.63, 3.8) is 0 Å². The quantitative estimate of drug-likeness (QED) is 0.550. The van der Waals surface area contributed by atoms with E-state index in [2.05, 4.69) is 10.3 Å². The highest BCUT2D eigenvalue weighted by Crippen LogP contribution is 2.23. The normalized spacial score (nSPS) is 10.4. The summed E-state index contributed by atoms with van der Waals surface area (Å²) < 4.78 is 0. The van der Waals surface area contributed by atoms with E-state index in [1.807, 2.05) is 24.4 Å². The number of amides is 1. The molecule has 7 heteroatoms. The molecule has 0 aliphatic carbocycles. The second kappa shape index (κ2) is 7.23. The van der Waals surface area contributed by atoms with Crippen LogP contribution in [0.15, 0.2) is 53.9 Å². The number of aryl methyl sites for hydroxylation is 1. The van der Waals surface area contributed by atoms with Gasteiger partial charge in [0.05, 0.1) is 22.0 Å². The van der Waals surface area contributed by atoms with Crippen LogP contribution in [-0.2, 0) is 11.2 Å². The average Bonchev–Trinajstić information content (AvgIpc) is 3.02. The molecule has 1 aromatic heterocycles. The number of nitrogens with zero attached hydrogens (tertiary/aromatic N) is 2. The minimum absolute atomic E-state index is 0.0492. The lowest BCUT2D eigenvalue weighted by atomic mass is 10.1. The number of nitrogens with one attached hydrogen (secondary N) is 1. The van der Waals surface area contributed by atoms with Gasteiger partial charge in [0, 0.05) is 28.3 Å². The number of anilines is 1. The van der Waals surface area contributed by atoms with E-state index in [9.17, 15) is 14.9 Å². The molecule has 0 radical (unpaired) electrons. The van der Waals surface area contributed by atoms with Crippen molar-refractivity contribution in [3.8, 4) is 11.3 Å². The second-order valence-electron chi connectivity index (χ2n) is 5.44. The molecule has 1 N–H and O–H groups in total. The topological polar surface area (TPSA) is 85.1 Å². The molecule has 0 unspecified atom stereocenters. The van der Waals surface area contributed by atoms with Crippen LogP contribution in [0.1, 0.15) is 10.6 Å². The first-order valence-electron chi connectivity index (χ1n) is 7.57. The van der Waals surface area contributed by atoms with Crippen molar-refractivity contribution in [1.29, 1.82) is 0 Å². The summed E-state index contributed by atoms with van der Waals surface area (Å²) in [5.41, 5.74) is 2.85. The van der Waals surface area contributed by atoms with Gasteiger partial charge in [0.25, 0.3) is 5.69 Å². The maximum absolute atomic E-state index is 12.2. The van der Waals surface area contributed by atoms with Crippen molar-refractivity contribution < 1.29 is 9.72 Å². The smallest absolute Gasteiger partial charge is 0.273 e. The van der Waals surface area contributed by atoms with Gasteiger partial charge in [-0.05, 0) is 19.1 Å². The summed E-state index contributed by atoms with van der Waals surface area (Å²) in [5.74, 6) is -0.299. The van der Waals surface area contributed by atoms with Crippen molar-refractivity contribution in [1.82, 2.24) is 4.98 Å². The summed E-state index contributed by atoms with van der Waals surface area (Å²) in [6.45, 7) is 1.95. The fourth-order valence-electron chi connectivity index (χ4n) is 2.44. The Morgan fingerprint density at radius 2 is 1.92 bits per heavy atom. The highest BCUT2D eigenvalue weighted by atomic mass is 32.1. The van der Waals surface area contributed by atoms with Crippen molar-refractivity contribution >= 4 is 28.6 Å². The largest absolute Gasteiger partial charge is 0.326 e. The molecule has 0 spiro atoms. The molecule has 1 amide bonds. The summed E-state index contributed by atoms with van der Waals surface area (Å²) in [6, 6.07) is 13.6. The van der Waals surface area contributed by atoms with Crippen molar-refractivity contribution in [2.75, 3.05) is 5.32 Å². The van der Waals surface area contributed by atoms with Gasteiger partial charge in [0.15, 0.2) is 0 Å². The summed E-state index contributed by atoms with van der Waals surface area (Å²) in [4.78, 5) is 27.1. The minimum atomic E-state index is -0.479. The molecule has 2 aromatic carbocycles. The zero-order valence-corrected chi connectivity index (χ0v) is 14.2. The van der Waals surface area contributed by atoms with E-state index >= 15 is 0 Å². The van der Waals surface area contributed by atoms with Crippen LogP contribution < -0.4 is 5.32 Å². The standard InChI is InChI=1S/C18H15N3O3S/c1-12-19-16(11-25-12)13-6-8-15(9-7-13)20-18(22)10-14-4-2-3-5-17(14)21(23)24/h2-9,11H,10H2,1H3,(H,20,22). The molecular weight excluding hydrogens is 338 g/mol. The molecule has 3 aromatic rings. The number of benzene rings is 2. The zero-order chi connectivity index (χ0) is 17.8. The molecular formula is C18H15N3O3S. The third kappa shape index (κ3) is 4.07. The Morgan fingerprint density at radius 3 is 2.56 bits per heavy atom. The van der Waals surface area contributed by atoms with Gasteiger partial charge in [-0.1, -0.05) is 30.3 Å². The van der Waals surface area contributed by atoms with E-state index in [1.54, 1.807) is 41.7 Å². The van der Waals surface area contributed by atoms with Gasteiger partial charge < -0.3 is 5.32 Å². The summed E-state index contributed by atoms with van der Waals surface area (Å²) >= 11 is 1.58. The summed E-state index contributed by atoms with van der Waals surface area (Å²) in [5, 5.41) is 16.7. The van der Waals surface area contributed by atoms with E-state index in [1.165, 1.54) is 6.07 Å². The van der Waals surface area contributed by atoms with Crippen LogP contribution in [0.3, 0.4) is 0 Å². The Balaban J connectivity index is 1.68.